The smallest absolute Gasteiger partial charge is 0.225 e. The Balaban J connectivity index is 1.19. The second-order valence-corrected chi connectivity index (χ2v) is 9.86. The number of carbonyl (C=O) groups is 1. The van der Waals surface area contributed by atoms with Gasteiger partial charge in [0.2, 0.25) is 5.91 Å². The van der Waals surface area contributed by atoms with E-state index in [0.717, 1.165) is 83.5 Å². The Morgan fingerprint density at radius 2 is 1.80 bits per heavy atom. The molecule has 0 radical (unpaired) electrons. The Hall–Kier alpha value is -3.93. The summed E-state index contributed by atoms with van der Waals surface area (Å²) in [7, 11) is 0. The molecule has 1 saturated carbocycles. The molecule has 174 valence electrons. The van der Waals surface area contributed by atoms with Gasteiger partial charge in [-0.05, 0) is 66.6 Å². The van der Waals surface area contributed by atoms with Crippen LogP contribution in [-0.2, 0) is 11.3 Å². The minimum Gasteiger partial charge on any atom is -0.464 e. The fraction of sp³-hybridized carbons (Fsp3) is 0.276. The van der Waals surface area contributed by atoms with Crippen LogP contribution >= 0.6 is 0 Å². The first kappa shape index (κ1) is 20.4. The molecule has 1 aliphatic carbocycles. The van der Waals surface area contributed by atoms with E-state index in [1.165, 1.54) is 0 Å². The van der Waals surface area contributed by atoms with Crippen molar-refractivity contribution in [2.45, 2.75) is 25.8 Å². The molecule has 2 fully saturated rings. The van der Waals surface area contributed by atoms with Gasteiger partial charge in [-0.15, -0.1) is 0 Å². The lowest BCUT2D eigenvalue weighted by atomic mass is 10.0. The first-order valence-corrected chi connectivity index (χ1v) is 12.4. The van der Waals surface area contributed by atoms with Crippen molar-refractivity contribution in [3.63, 3.8) is 0 Å². The van der Waals surface area contributed by atoms with Gasteiger partial charge in [0, 0.05) is 42.7 Å². The monoisotopic (exact) mass is 462 g/mol. The predicted octanol–water partition coefficient (Wildman–Crippen LogP) is 5.77. The number of fused-ring (bicyclic) bond motifs is 2. The second-order valence-electron chi connectivity index (χ2n) is 9.86. The highest BCUT2D eigenvalue weighted by Gasteiger charge is 2.36. The summed E-state index contributed by atoms with van der Waals surface area (Å²) in [5, 5.41) is 1.10. The maximum Gasteiger partial charge on any atom is 0.225 e. The normalized spacial score (nSPS) is 18.1. The summed E-state index contributed by atoms with van der Waals surface area (Å²) in [6.07, 6.45) is 6.68. The van der Waals surface area contributed by atoms with Gasteiger partial charge >= 0.3 is 0 Å². The molecule has 0 bridgehead atoms. The Labute approximate surface area is 203 Å². The number of pyridine rings is 1. The summed E-state index contributed by atoms with van der Waals surface area (Å²) in [5.74, 6) is 2.00. The van der Waals surface area contributed by atoms with Crippen molar-refractivity contribution in [3.8, 4) is 22.5 Å². The van der Waals surface area contributed by atoms with Gasteiger partial charge in [0.15, 0.2) is 5.65 Å². The molecule has 4 heterocycles. The maximum atomic E-state index is 12.6. The lowest BCUT2D eigenvalue weighted by Gasteiger charge is -2.17. The van der Waals surface area contributed by atoms with Gasteiger partial charge in [-0.2, -0.15) is 0 Å². The molecule has 2 aliphatic rings. The minimum atomic E-state index is 0.287. The van der Waals surface area contributed by atoms with Crippen LogP contribution in [0.3, 0.4) is 0 Å². The minimum absolute atomic E-state index is 0.287. The van der Waals surface area contributed by atoms with Gasteiger partial charge in [-0.1, -0.05) is 30.3 Å². The standard InChI is InChI=1S/C29H26N4O2/c34-29(22-7-8-22)32-14-11-19(17-32)18-33-25-2-1-13-30-27(25)31-28(33)21-5-3-20(4-6-21)23-9-10-26-24(16-23)12-15-35-26/h1-6,9-10,12-13,15-16,19,22H,7-8,11,14,17-18H2/t19-/m1/s1. The predicted molar refractivity (Wildman–Crippen MR) is 136 cm³/mol. The van der Waals surface area contributed by atoms with Crippen molar-refractivity contribution in [2.24, 2.45) is 11.8 Å². The Kier molecular flexibility index (Phi) is 4.72. The maximum absolute atomic E-state index is 12.6. The molecule has 35 heavy (non-hydrogen) atoms. The van der Waals surface area contributed by atoms with Gasteiger partial charge < -0.3 is 13.9 Å². The molecule has 3 aromatic heterocycles. The van der Waals surface area contributed by atoms with Crippen molar-refractivity contribution < 1.29 is 9.21 Å². The summed E-state index contributed by atoms with van der Waals surface area (Å²) in [5.41, 5.74) is 6.09. The number of likely N-dealkylation sites (tertiary alicyclic amines) is 1. The molecule has 0 N–H and O–H groups in total. The largest absolute Gasteiger partial charge is 0.464 e. The first-order chi connectivity index (χ1) is 17.2. The number of hydrogen-bond acceptors (Lipinski definition) is 4. The van der Waals surface area contributed by atoms with Crippen LogP contribution in [0.2, 0.25) is 0 Å². The van der Waals surface area contributed by atoms with Crippen LogP contribution in [0.5, 0.6) is 0 Å². The zero-order chi connectivity index (χ0) is 23.4. The lowest BCUT2D eigenvalue weighted by Crippen LogP contribution is -2.30. The second kappa shape index (κ2) is 8.08. The third-order valence-electron chi connectivity index (χ3n) is 7.42. The van der Waals surface area contributed by atoms with Crippen molar-refractivity contribution in [3.05, 3.63) is 73.1 Å². The first-order valence-electron chi connectivity index (χ1n) is 12.4. The average molecular weight is 463 g/mol. The van der Waals surface area contributed by atoms with Gasteiger partial charge in [0.05, 0.1) is 11.8 Å². The molecule has 1 amide bonds. The summed E-state index contributed by atoms with van der Waals surface area (Å²) < 4.78 is 7.77. The van der Waals surface area contributed by atoms with Gasteiger partial charge in [-0.3, -0.25) is 4.79 Å². The number of carbonyl (C=O) groups excluding carboxylic acids is 1. The highest BCUT2D eigenvalue weighted by molar-refractivity contribution is 5.84. The highest BCUT2D eigenvalue weighted by Crippen LogP contribution is 2.34. The molecule has 1 saturated heterocycles. The van der Waals surface area contributed by atoms with Crippen LogP contribution in [0.25, 0.3) is 44.6 Å². The third kappa shape index (κ3) is 3.70. The number of furan rings is 1. The van der Waals surface area contributed by atoms with E-state index in [-0.39, 0.29) is 5.92 Å². The molecule has 1 atom stereocenters. The number of benzene rings is 2. The SMILES string of the molecule is O=C(C1CC1)N1CC[C@@H](Cn2c(-c3ccc(-c4ccc5occc5c4)cc3)nc3ncccc32)C1. The van der Waals surface area contributed by atoms with E-state index in [1.807, 2.05) is 18.2 Å². The number of amides is 1. The van der Waals surface area contributed by atoms with Crippen LogP contribution in [-0.4, -0.2) is 38.4 Å². The summed E-state index contributed by atoms with van der Waals surface area (Å²) in [4.78, 5) is 24.1. The molecule has 1 aliphatic heterocycles. The summed E-state index contributed by atoms with van der Waals surface area (Å²) in [6.45, 7) is 2.55. The van der Waals surface area contributed by atoms with Gasteiger partial charge in [0.1, 0.15) is 11.4 Å². The Morgan fingerprint density at radius 3 is 2.66 bits per heavy atom. The molecule has 2 aromatic carbocycles. The van der Waals surface area contributed by atoms with Crippen LogP contribution in [0, 0.1) is 11.8 Å². The molecule has 0 unspecified atom stereocenters. The molecular formula is C29H26N4O2. The number of imidazole rings is 1. The highest BCUT2D eigenvalue weighted by atomic mass is 16.3. The third-order valence-corrected chi connectivity index (χ3v) is 7.42. The van der Waals surface area contributed by atoms with Crippen LogP contribution in [0.4, 0.5) is 0 Å². The van der Waals surface area contributed by atoms with Crippen LogP contribution < -0.4 is 0 Å². The summed E-state index contributed by atoms with van der Waals surface area (Å²) in [6, 6.07) is 20.9. The van der Waals surface area contributed by atoms with E-state index in [2.05, 4.69) is 56.9 Å². The fourth-order valence-electron chi connectivity index (χ4n) is 5.35. The van der Waals surface area contributed by atoms with Crippen LogP contribution in [0.1, 0.15) is 19.3 Å². The quantitative estimate of drug-likeness (QED) is 0.333. The molecular weight excluding hydrogens is 436 g/mol. The molecule has 0 spiro atoms. The zero-order valence-corrected chi connectivity index (χ0v) is 19.4. The molecule has 6 nitrogen and oxygen atoms in total. The molecule has 5 aromatic rings. The van der Waals surface area contributed by atoms with Crippen molar-refractivity contribution >= 4 is 28.0 Å². The fourth-order valence-corrected chi connectivity index (χ4v) is 5.35. The number of hydrogen-bond donors (Lipinski definition) is 0. The van der Waals surface area contributed by atoms with Gasteiger partial charge in [0.25, 0.3) is 0 Å². The van der Waals surface area contributed by atoms with E-state index in [1.54, 1.807) is 12.5 Å². The van der Waals surface area contributed by atoms with Crippen molar-refractivity contribution in [1.82, 2.24) is 19.4 Å². The van der Waals surface area contributed by atoms with Crippen molar-refractivity contribution in [2.75, 3.05) is 13.1 Å². The van der Waals surface area contributed by atoms with E-state index < -0.39 is 0 Å². The number of aromatic nitrogens is 3. The van der Waals surface area contributed by atoms with E-state index in [0.29, 0.717) is 11.8 Å². The van der Waals surface area contributed by atoms with Crippen molar-refractivity contribution in [1.29, 1.82) is 0 Å². The Bertz CT molecular complexity index is 1540. The van der Waals surface area contributed by atoms with Gasteiger partial charge in [-0.25, -0.2) is 9.97 Å². The van der Waals surface area contributed by atoms with E-state index >= 15 is 0 Å². The molecule has 7 rings (SSSR count). The Morgan fingerprint density at radius 1 is 0.971 bits per heavy atom. The molecule has 6 heteroatoms. The van der Waals surface area contributed by atoms with E-state index in [4.69, 9.17) is 9.40 Å². The zero-order valence-electron chi connectivity index (χ0n) is 19.4. The number of rotatable bonds is 5. The lowest BCUT2D eigenvalue weighted by molar-refractivity contribution is -0.131. The number of nitrogens with zero attached hydrogens (tertiary/aromatic N) is 4. The van der Waals surface area contributed by atoms with E-state index in [9.17, 15) is 4.79 Å². The van der Waals surface area contributed by atoms with Crippen LogP contribution in [0.15, 0.2) is 77.5 Å². The summed E-state index contributed by atoms with van der Waals surface area (Å²) >= 11 is 0. The topological polar surface area (TPSA) is 64.2 Å². The average Bonchev–Trinajstić information content (AvgIpc) is 3.30.